The number of carbonyl (C=O) groups excluding carboxylic acids is 1. The Labute approximate surface area is 104 Å². The molecule has 0 atom stereocenters. The van der Waals surface area contributed by atoms with Crippen molar-refractivity contribution >= 4 is 5.97 Å². The Morgan fingerprint density at radius 2 is 2.11 bits per heavy atom. The maximum atomic E-state index is 12.9. The van der Waals surface area contributed by atoms with Gasteiger partial charge < -0.3 is 4.74 Å². The van der Waals surface area contributed by atoms with Crippen LogP contribution < -0.4 is 0 Å². The number of carbonyl (C=O) groups is 1. The smallest absolute Gasteiger partial charge is 0.338 e. The highest BCUT2D eigenvalue weighted by Gasteiger charge is 2.19. The molecule has 96 valence electrons. The molecule has 18 heavy (non-hydrogen) atoms. The standard InChI is InChI=1S/C13H13F2NO2/c1-3-10-9(7-16)5-8(13(17)18-4-2)6-11(10)12(14)15/h5-6,12H,3-4H2,1-2H3. The third-order valence-electron chi connectivity index (χ3n) is 2.50. The van der Waals surface area contributed by atoms with E-state index in [1.165, 1.54) is 6.07 Å². The van der Waals surface area contributed by atoms with Gasteiger partial charge in [0.15, 0.2) is 0 Å². The van der Waals surface area contributed by atoms with E-state index < -0.39 is 12.4 Å². The quantitative estimate of drug-likeness (QED) is 0.774. The molecule has 1 aromatic carbocycles. The molecule has 0 saturated heterocycles. The van der Waals surface area contributed by atoms with Crippen LogP contribution >= 0.6 is 0 Å². The first-order chi connectivity index (χ1) is 8.54. The molecule has 0 heterocycles. The van der Waals surface area contributed by atoms with Crippen LogP contribution in [0.4, 0.5) is 8.78 Å². The van der Waals surface area contributed by atoms with Crippen molar-refractivity contribution in [3.05, 3.63) is 34.4 Å². The van der Waals surface area contributed by atoms with E-state index >= 15 is 0 Å². The fourth-order valence-corrected chi connectivity index (χ4v) is 1.72. The molecule has 0 fully saturated rings. The van der Waals surface area contributed by atoms with Gasteiger partial charge >= 0.3 is 5.97 Å². The van der Waals surface area contributed by atoms with E-state index in [0.29, 0.717) is 6.42 Å². The summed E-state index contributed by atoms with van der Waals surface area (Å²) in [6.45, 7) is 3.46. The van der Waals surface area contributed by atoms with Crippen molar-refractivity contribution < 1.29 is 18.3 Å². The number of nitriles is 1. The molecule has 0 aromatic heterocycles. The Bertz CT molecular complexity index is 492. The van der Waals surface area contributed by atoms with Gasteiger partial charge in [0.05, 0.1) is 23.8 Å². The number of ether oxygens (including phenoxy) is 1. The molecule has 0 radical (unpaired) electrons. The molecular formula is C13H13F2NO2. The van der Waals surface area contributed by atoms with Crippen LogP contribution in [0, 0.1) is 11.3 Å². The first-order valence-electron chi connectivity index (χ1n) is 5.57. The van der Waals surface area contributed by atoms with Crippen molar-refractivity contribution in [1.29, 1.82) is 5.26 Å². The van der Waals surface area contributed by atoms with Gasteiger partial charge in [-0.2, -0.15) is 5.26 Å². The summed E-state index contributed by atoms with van der Waals surface area (Å²) in [4.78, 5) is 11.5. The van der Waals surface area contributed by atoms with Crippen LogP contribution in [0.15, 0.2) is 12.1 Å². The van der Waals surface area contributed by atoms with Crippen molar-refractivity contribution in [3.63, 3.8) is 0 Å². The van der Waals surface area contributed by atoms with Crippen LogP contribution in [0.2, 0.25) is 0 Å². The highest BCUT2D eigenvalue weighted by Crippen LogP contribution is 2.27. The molecule has 0 spiro atoms. The van der Waals surface area contributed by atoms with E-state index in [1.807, 2.05) is 6.07 Å². The Morgan fingerprint density at radius 3 is 2.56 bits per heavy atom. The summed E-state index contributed by atoms with van der Waals surface area (Å²) in [6, 6.07) is 4.23. The second-order valence-electron chi connectivity index (χ2n) is 3.58. The number of nitrogens with zero attached hydrogens (tertiary/aromatic N) is 1. The van der Waals surface area contributed by atoms with Gasteiger partial charge in [-0.05, 0) is 31.0 Å². The highest BCUT2D eigenvalue weighted by atomic mass is 19.3. The minimum absolute atomic E-state index is 0.0131. The molecule has 1 rings (SSSR count). The Hall–Kier alpha value is -1.96. The summed E-state index contributed by atoms with van der Waals surface area (Å²) in [5.74, 6) is -0.696. The predicted molar refractivity (Wildman–Crippen MR) is 61.4 cm³/mol. The fourth-order valence-electron chi connectivity index (χ4n) is 1.72. The van der Waals surface area contributed by atoms with Gasteiger partial charge in [0, 0.05) is 5.56 Å². The maximum absolute atomic E-state index is 12.9. The summed E-state index contributed by atoms with van der Waals surface area (Å²) in [7, 11) is 0. The molecule has 0 bridgehead atoms. The average Bonchev–Trinajstić information content (AvgIpc) is 2.37. The molecule has 0 aliphatic heterocycles. The fraction of sp³-hybridized carbons (Fsp3) is 0.385. The van der Waals surface area contributed by atoms with Gasteiger partial charge in [-0.1, -0.05) is 6.92 Å². The molecular weight excluding hydrogens is 240 g/mol. The normalized spacial score (nSPS) is 10.2. The summed E-state index contributed by atoms with van der Waals surface area (Å²) >= 11 is 0. The van der Waals surface area contributed by atoms with Crippen LogP contribution in [0.1, 0.15) is 47.3 Å². The molecule has 0 unspecified atom stereocenters. The van der Waals surface area contributed by atoms with Crippen LogP contribution in [0.3, 0.4) is 0 Å². The largest absolute Gasteiger partial charge is 0.462 e. The first kappa shape index (κ1) is 14.1. The maximum Gasteiger partial charge on any atom is 0.338 e. The monoisotopic (exact) mass is 253 g/mol. The third kappa shape index (κ3) is 2.83. The van der Waals surface area contributed by atoms with Gasteiger partial charge in [0.1, 0.15) is 0 Å². The van der Waals surface area contributed by atoms with Gasteiger partial charge in [0.2, 0.25) is 0 Å². The van der Waals surface area contributed by atoms with E-state index in [9.17, 15) is 13.6 Å². The summed E-state index contributed by atoms with van der Waals surface area (Å²) < 4.78 is 30.5. The van der Waals surface area contributed by atoms with Gasteiger partial charge in [-0.3, -0.25) is 0 Å². The topological polar surface area (TPSA) is 50.1 Å². The van der Waals surface area contributed by atoms with Crippen molar-refractivity contribution in [2.24, 2.45) is 0 Å². The second-order valence-corrected chi connectivity index (χ2v) is 3.58. The molecule has 0 amide bonds. The van der Waals surface area contributed by atoms with E-state index in [4.69, 9.17) is 10.00 Å². The van der Waals surface area contributed by atoms with Crippen LogP contribution in [0.5, 0.6) is 0 Å². The summed E-state index contributed by atoms with van der Waals surface area (Å²) in [5, 5.41) is 8.94. The summed E-state index contributed by atoms with van der Waals surface area (Å²) in [6.07, 6.45) is -2.41. The SMILES string of the molecule is CCOC(=O)c1cc(C#N)c(CC)c(C(F)F)c1. The number of hydrogen-bond acceptors (Lipinski definition) is 3. The Balaban J connectivity index is 3.37. The lowest BCUT2D eigenvalue weighted by atomic mass is 9.96. The lowest BCUT2D eigenvalue weighted by molar-refractivity contribution is 0.0526. The second kappa shape index (κ2) is 6.10. The minimum Gasteiger partial charge on any atom is -0.462 e. The van der Waals surface area contributed by atoms with Crippen molar-refractivity contribution in [2.45, 2.75) is 26.7 Å². The van der Waals surface area contributed by atoms with Crippen LogP contribution in [-0.4, -0.2) is 12.6 Å². The highest BCUT2D eigenvalue weighted by molar-refractivity contribution is 5.90. The Morgan fingerprint density at radius 1 is 1.44 bits per heavy atom. The number of hydrogen-bond donors (Lipinski definition) is 0. The van der Waals surface area contributed by atoms with Gasteiger partial charge in [-0.15, -0.1) is 0 Å². The van der Waals surface area contributed by atoms with Crippen molar-refractivity contribution in [1.82, 2.24) is 0 Å². The number of alkyl halides is 2. The summed E-state index contributed by atoms with van der Waals surface area (Å²) in [5.41, 5.74) is 0.0828. The lowest BCUT2D eigenvalue weighted by Gasteiger charge is -2.11. The van der Waals surface area contributed by atoms with Gasteiger partial charge in [0.25, 0.3) is 6.43 Å². The third-order valence-corrected chi connectivity index (χ3v) is 2.50. The van der Waals surface area contributed by atoms with E-state index in [1.54, 1.807) is 13.8 Å². The Kier molecular flexibility index (Phi) is 4.78. The molecule has 3 nitrogen and oxygen atoms in total. The van der Waals surface area contributed by atoms with E-state index in [2.05, 4.69) is 0 Å². The number of esters is 1. The molecule has 0 N–H and O–H groups in total. The molecule has 1 aromatic rings. The number of benzene rings is 1. The zero-order valence-electron chi connectivity index (χ0n) is 10.2. The number of halogens is 2. The molecule has 0 aliphatic carbocycles. The van der Waals surface area contributed by atoms with Crippen LogP contribution in [0.25, 0.3) is 0 Å². The van der Waals surface area contributed by atoms with Crippen molar-refractivity contribution in [2.75, 3.05) is 6.61 Å². The lowest BCUT2D eigenvalue weighted by Crippen LogP contribution is -2.08. The zero-order valence-corrected chi connectivity index (χ0v) is 10.2. The predicted octanol–water partition coefficient (Wildman–Crippen LogP) is 3.23. The zero-order chi connectivity index (χ0) is 13.7. The minimum atomic E-state index is -2.72. The molecule has 5 heteroatoms. The van der Waals surface area contributed by atoms with Crippen LogP contribution in [-0.2, 0) is 11.2 Å². The van der Waals surface area contributed by atoms with Gasteiger partial charge in [-0.25, -0.2) is 13.6 Å². The number of rotatable bonds is 4. The first-order valence-corrected chi connectivity index (χ1v) is 5.57. The van der Waals surface area contributed by atoms with E-state index in [0.717, 1.165) is 6.07 Å². The van der Waals surface area contributed by atoms with E-state index in [-0.39, 0.29) is 28.9 Å². The average molecular weight is 253 g/mol. The molecule has 0 saturated carbocycles. The molecule has 0 aliphatic rings. The van der Waals surface area contributed by atoms with Crippen molar-refractivity contribution in [3.8, 4) is 6.07 Å².